The van der Waals surface area contributed by atoms with Crippen LogP contribution in [0.2, 0.25) is 0 Å². The summed E-state index contributed by atoms with van der Waals surface area (Å²) >= 11 is 0. The molecule has 5 heteroatoms. The molecule has 0 N–H and O–H groups in total. The molecule has 0 aliphatic rings. The second-order valence-electron chi connectivity index (χ2n) is 7.80. The normalized spacial score (nSPS) is 11.8. The molecule has 0 bridgehead atoms. The molecule has 0 aliphatic carbocycles. The van der Waals surface area contributed by atoms with Gasteiger partial charge in [-0.25, -0.2) is 4.98 Å². The summed E-state index contributed by atoms with van der Waals surface area (Å²) in [5, 5.41) is 2.28. The molecule has 5 aromatic heterocycles. The van der Waals surface area contributed by atoms with Crippen LogP contribution in [0.3, 0.4) is 0 Å². The Morgan fingerprint density at radius 2 is 1.28 bits per heavy atom. The number of hydrogen-bond acceptors (Lipinski definition) is 3. The molecule has 0 saturated carbocycles. The zero-order valence-corrected chi connectivity index (χ0v) is 17.1. The van der Waals surface area contributed by atoms with Crippen molar-refractivity contribution in [3.05, 3.63) is 104 Å². The van der Waals surface area contributed by atoms with Gasteiger partial charge in [-0.05, 0) is 42.5 Å². The van der Waals surface area contributed by atoms with Crippen LogP contribution in [0.1, 0.15) is 0 Å². The van der Waals surface area contributed by atoms with Gasteiger partial charge in [0, 0.05) is 35.1 Å². The fourth-order valence-corrected chi connectivity index (χ4v) is 4.77. The van der Waals surface area contributed by atoms with Crippen LogP contribution < -0.4 is 0 Å². The van der Waals surface area contributed by atoms with Crippen LogP contribution in [0.5, 0.6) is 0 Å². The summed E-state index contributed by atoms with van der Waals surface area (Å²) in [5.41, 5.74) is 7.11. The maximum atomic E-state index is 4.92. The molecule has 7 rings (SSSR count). The van der Waals surface area contributed by atoms with Gasteiger partial charge in [0.1, 0.15) is 22.4 Å². The molecule has 0 saturated heterocycles. The molecule has 7 aromatic rings. The first kappa shape index (κ1) is 17.2. The highest BCUT2D eigenvalue weighted by atomic mass is 15.1. The average Bonchev–Trinajstić information content (AvgIpc) is 3.38. The minimum atomic E-state index is 0.847. The first-order valence-electron chi connectivity index (χ1n) is 10.6. The molecule has 150 valence electrons. The van der Waals surface area contributed by atoms with Gasteiger partial charge in [0.25, 0.3) is 0 Å². The lowest BCUT2D eigenvalue weighted by atomic mass is 10.2. The Balaban J connectivity index is 1.81. The Labute approximate surface area is 183 Å². The van der Waals surface area contributed by atoms with Gasteiger partial charge in [0.05, 0.1) is 16.6 Å². The summed E-state index contributed by atoms with van der Waals surface area (Å²) in [6, 6.07) is 29.0. The van der Waals surface area contributed by atoms with Gasteiger partial charge in [-0.3, -0.25) is 14.5 Å². The monoisotopic (exact) mass is 411 g/mol. The fraction of sp³-hybridized carbons (Fsp3) is 0. The van der Waals surface area contributed by atoms with E-state index in [1.165, 1.54) is 5.39 Å². The van der Waals surface area contributed by atoms with Crippen molar-refractivity contribution in [3.8, 4) is 11.5 Å². The molecule has 0 aliphatic heterocycles. The molecule has 2 aromatic carbocycles. The van der Waals surface area contributed by atoms with E-state index >= 15 is 0 Å². The summed E-state index contributed by atoms with van der Waals surface area (Å²) in [7, 11) is 0. The number of nitrogens with zero attached hydrogens (tertiary/aromatic N) is 5. The van der Waals surface area contributed by atoms with Gasteiger partial charge in [0.15, 0.2) is 0 Å². The van der Waals surface area contributed by atoms with E-state index in [0.717, 1.165) is 50.0 Å². The van der Waals surface area contributed by atoms with Gasteiger partial charge in [-0.1, -0.05) is 42.5 Å². The van der Waals surface area contributed by atoms with Gasteiger partial charge >= 0.3 is 0 Å². The van der Waals surface area contributed by atoms with Gasteiger partial charge < -0.3 is 4.57 Å². The van der Waals surface area contributed by atoms with E-state index in [0.29, 0.717) is 0 Å². The second-order valence-corrected chi connectivity index (χ2v) is 7.80. The Kier molecular flexibility index (Phi) is 3.49. The van der Waals surface area contributed by atoms with Crippen molar-refractivity contribution in [2.45, 2.75) is 0 Å². The maximum absolute atomic E-state index is 4.92. The number of pyridine rings is 3. The van der Waals surface area contributed by atoms with Crippen molar-refractivity contribution in [1.82, 2.24) is 24.1 Å². The zero-order chi connectivity index (χ0) is 21.1. The molecular formula is C27H17N5. The number of benzene rings is 2. The summed E-state index contributed by atoms with van der Waals surface area (Å²) in [6.07, 6.45) is 5.63. The Morgan fingerprint density at radius 1 is 0.500 bits per heavy atom. The second kappa shape index (κ2) is 6.49. The number of aromatic nitrogens is 5. The van der Waals surface area contributed by atoms with Crippen molar-refractivity contribution < 1.29 is 0 Å². The Hall–Kier alpha value is -4.51. The van der Waals surface area contributed by atoms with E-state index in [9.17, 15) is 0 Å². The lowest BCUT2D eigenvalue weighted by Crippen LogP contribution is -2.00. The largest absolute Gasteiger partial charge is 0.307 e. The SMILES string of the molecule is c1ccc(-n2c3ccccc3c3cnc4c5ncccc5n(-c5ccccn5)c4c32)cc1. The minimum Gasteiger partial charge on any atom is -0.307 e. The standard InChI is InChI=1S/C27H17N5/c1-2-9-18(10-3-1)31-21-12-5-4-11-19(21)20-17-30-25-24-22(13-8-16-29-24)32(27(25)26(20)31)23-14-6-7-15-28-23/h1-17H. The van der Waals surface area contributed by atoms with Crippen molar-refractivity contribution in [3.63, 3.8) is 0 Å². The third-order valence-electron chi connectivity index (χ3n) is 6.05. The van der Waals surface area contributed by atoms with Crippen molar-refractivity contribution >= 4 is 43.9 Å². The van der Waals surface area contributed by atoms with E-state index < -0.39 is 0 Å². The highest BCUT2D eigenvalue weighted by Gasteiger charge is 2.22. The predicted octanol–water partition coefficient (Wildman–Crippen LogP) is 6.07. The van der Waals surface area contributed by atoms with Gasteiger partial charge in [-0.2, -0.15) is 0 Å². The number of hydrogen-bond donors (Lipinski definition) is 0. The van der Waals surface area contributed by atoms with E-state index in [1.807, 2.05) is 48.9 Å². The smallest absolute Gasteiger partial charge is 0.137 e. The van der Waals surface area contributed by atoms with Crippen LogP contribution >= 0.6 is 0 Å². The first-order valence-corrected chi connectivity index (χ1v) is 10.6. The third-order valence-corrected chi connectivity index (χ3v) is 6.05. The first-order chi connectivity index (χ1) is 15.9. The minimum absolute atomic E-state index is 0.847. The number of rotatable bonds is 2. The number of para-hydroxylation sites is 2. The predicted molar refractivity (Wildman–Crippen MR) is 129 cm³/mol. The van der Waals surface area contributed by atoms with Crippen molar-refractivity contribution in [2.24, 2.45) is 0 Å². The molecule has 0 amide bonds. The van der Waals surface area contributed by atoms with Gasteiger partial charge in [-0.15, -0.1) is 0 Å². The van der Waals surface area contributed by atoms with Crippen LogP contribution in [0.25, 0.3) is 55.4 Å². The lowest BCUT2D eigenvalue weighted by molar-refractivity contribution is 1.07. The van der Waals surface area contributed by atoms with E-state index in [1.54, 1.807) is 0 Å². The van der Waals surface area contributed by atoms with Crippen LogP contribution in [-0.4, -0.2) is 24.1 Å². The van der Waals surface area contributed by atoms with Gasteiger partial charge in [0.2, 0.25) is 0 Å². The molecule has 0 unspecified atom stereocenters. The van der Waals surface area contributed by atoms with Crippen molar-refractivity contribution in [2.75, 3.05) is 0 Å². The highest BCUT2D eigenvalue weighted by Crippen LogP contribution is 2.39. The molecule has 0 radical (unpaired) electrons. The Morgan fingerprint density at radius 3 is 2.16 bits per heavy atom. The summed E-state index contributed by atoms with van der Waals surface area (Å²) in [5.74, 6) is 0.847. The molecule has 5 heterocycles. The van der Waals surface area contributed by atoms with Crippen LogP contribution in [0.4, 0.5) is 0 Å². The van der Waals surface area contributed by atoms with Crippen LogP contribution in [0.15, 0.2) is 104 Å². The number of fused-ring (bicyclic) bond motifs is 7. The van der Waals surface area contributed by atoms with Crippen LogP contribution in [-0.2, 0) is 0 Å². The third kappa shape index (κ3) is 2.25. The van der Waals surface area contributed by atoms with E-state index in [4.69, 9.17) is 9.97 Å². The maximum Gasteiger partial charge on any atom is 0.137 e. The van der Waals surface area contributed by atoms with E-state index in [2.05, 4.69) is 68.7 Å². The molecule has 0 atom stereocenters. The molecule has 0 fully saturated rings. The average molecular weight is 411 g/mol. The van der Waals surface area contributed by atoms with Crippen molar-refractivity contribution in [1.29, 1.82) is 0 Å². The topological polar surface area (TPSA) is 48.5 Å². The quantitative estimate of drug-likeness (QED) is 0.347. The Bertz CT molecular complexity index is 1630. The van der Waals surface area contributed by atoms with Crippen LogP contribution in [0, 0.1) is 0 Å². The summed E-state index contributed by atoms with van der Waals surface area (Å²) < 4.78 is 4.51. The lowest BCUT2D eigenvalue weighted by Gasteiger charge is -2.11. The molecule has 32 heavy (non-hydrogen) atoms. The molecule has 0 spiro atoms. The summed E-state index contributed by atoms with van der Waals surface area (Å²) in [6.45, 7) is 0. The molecule has 5 nitrogen and oxygen atoms in total. The zero-order valence-electron chi connectivity index (χ0n) is 17.1. The highest BCUT2D eigenvalue weighted by molar-refractivity contribution is 6.21. The fourth-order valence-electron chi connectivity index (χ4n) is 4.77. The van der Waals surface area contributed by atoms with E-state index in [-0.39, 0.29) is 0 Å². The summed E-state index contributed by atoms with van der Waals surface area (Å²) in [4.78, 5) is 14.3. The molecular weight excluding hydrogens is 394 g/mol.